The van der Waals surface area contributed by atoms with E-state index >= 15 is 0 Å². The molecule has 3 aromatic rings. The van der Waals surface area contributed by atoms with Gasteiger partial charge in [-0.15, -0.1) is 0 Å². The highest BCUT2D eigenvalue weighted by Gasteiger charge is 2.13. The number of anilines is 1. The van der Waals surface area contributed by atoms with Crippen LogP contribution in [-0.4, -0.2) is 21.6 Å². The van der Waals surface area contributed by atoms with Crippen molar-refractivity contribution in [2.24, 2.45) is 7.05 Å². The van der Waals surface area contributed by atoms with E-state index in [1.807, 2.05) is 24.5 Å². The summed E-state index contributed by atoms with van der Waals surface area (Å²) in [5.74, 6) is 0.509. The van der Waals surface area contributed by atoms with Crippen LogP contribution in [0.2, 0.25) is 0 Å². The van der Waals surface area contributed by atoms with Crippen molar-refractivity contribution < 1.29 is 27.2 Å². The molecule has 0 aliphatic carbocycles. The fourth-order valence-corrected chi connectivity index (χ4v) is 2.57. The van der Waals surface area contributed by atoms with Gasteiger partial charge in [0, 0.05) is 25.5 Å². The lowest BCUT2D eigenvalue weighted by Crippen LogP contribution is -3.34. The van der Waals surface area contributed by atoms with Crippen molar-refractivity contribution in [3.05, 3.63) is 56.3 Å². The molecule has 0 unspecified atom stereocenters. The highest BCUT2D eigenvalue weighted by molar-refractivity contribution is 5.78. The second-order valence-corrected chi connectivity index (χ2v) is 6.15. The van der Waals surface area contributed by atoms with Gasteiger partial charge in [-0.3, -0.25) is 9.36 Å². The number of fused-ring (bicyclic) bond motifs is 1. The van der Waals surface area contributed by atoms with E-state index in [1.54, 1.807) is 30.8 Å². The molecule has 3 aromatic heterocycles. The van der Waals surface area contributed by atoms with Crippen molar-refractivity contribution in [3.63, 3.8) is 0 Å². The second kappa shape index (κ2) is 5.99. The average Bonchev–Trinajstić information content (AvgIpc) is 2.53. The van der Waals surface area contributed by atoms with Crippen molar-refractivity contribution in [1.82, 2.24) is 14.5 Å². The van der Waals surface area contributed by atoms with Crippen molar-refractivity contribution in [2.45, 2.75) is 6.54 Å². The van der Waals surface area contributed by atoms with Gasteiger partial charge >= 0.3 is 0 Å². The fourth-order valence-electron chi connectivity index (χ4n) is 2.25. The number of aromatic nitrogens is 4. The van der Waals surface area contributed by atoms with E-state index in [-0.39, 0.29) is 5.56 Å². The van der Waals surface area contributed by atoms with E-state index in [2.05, 4.69) is 42.4 Å². The lowest BCUT2D eigenvalue weighted by Gasteiger charge is -2.09. The van der Waals surface area contributed by atoms with Gasteiger partial charge in [0.1, 0.15) is 11.3 Å². The first kappa shape index (κ1) is 14.9. The van der Waals surface area contributed by atoms with Gasteiger partial charge in [0.25, 0.3) is 5.56 Å². The maximum Gasteiger partial charge on any atom is 0.251 e. The highest BCUT2D eigenvalue weighted by atomic mass is 127. The summed E-state index contributed by atoms with van der Waals surface area (Å²) in [4.78, 5) is 20.8. The predicted molar refractivity (Wildman–Crippen MR) is 78.8 cm³/mol. The van der Waals surface area contributed by atoms with E-state index in [0.29, 0.717) is 18.1 Å². The smallest absolute Gasteiger partial charge is 0.251 e. The molecule has 0 aliphatic heterocycles. The third-order valence-corrected chi connectivity index (χ3v) is 4.17. The summed E-state index contributed by atoms with van der Waals surface area (Å²) in [6.45, 7) is 0.614. The molecular weight excluding hydrogens is 393 g/mol. The van der Waals surface area contributed by atoms with Gasteiger partial charge < -0.3 is 27.9 Å². The topological polar surface area (TPSA) is 63.7 Å². The Kier molecular flexibility index (Phi) is 4.06. The minimum atomic E-state index is -0.0823. The molecule has 113 valence electrons. The predicted octanol–water partition coefficient (Wildman–Crippen LogP) is -2.57. The molecule has 0 bridgehead atoms. The van der Waals surface area contributed by atoms with Crippen LogP contribution in [-0.2, 0) is 13.6 Å². The molecule has 0 amide bonds. The first-order valence-electron chi connectivity index (χ1n) is 6.77. The molecule has 0 aromatic carbocycles. The van der Waals surface area contributed by atoms with E-state index in [4.69, 9.17) is 0 Å². The van der Waals surface area contributed by atoms with Gasteiger partial charge in [0.05, 0.1) is 0 Å². The largest absolute Gasteiger partial charge is 0.758 e. The van der Waals surface area contributed by atoms with Gasteiger partial charge in [-0.2, -0.15) is 13.1 Å². The number of aryl methyl sites for hydroxylation is 1. The van der Waals surface area contributed by atoms with Crippen LogP contribution in [0.4, 0.5) is 5.95 Å². The van der Waals surface area contributed by atoms with E-state index < -0.39 is 0 Å². The van der Waals surface area contributed by atoms with Crippen LogP contribution in [0.1, 0.15) is 5.69 Å². The number of hydrogen-bond donors (Lipinski definition) is 1. The molecule has 0 spiro atoms. The maximum absolute atomic E-state index is 11.8. The van der Waals surface area contributed by atoms with Crippen molar-refractivity contribution >= 4 is 17.0 Å². The summed E-state index contributed by atoms with van der Waals surface area (Å²) < 4.78 is 4.77. The van der Waals surface area contributed by atoms with Crippen molar-refractivity contribution in [3.8, 4) is 0 Å². The molecule has 0 saturated heterocycles. The Hall–Kier alpha value is -2.03. The summed E-state index contributed by atoms with van der Waals surface area (Å²) >= 11 is 2.27. The van der Waals surface area contributed by atoms with Crippen LogP contribution in [0, 0.1) is 3.57 Å². The summed E-state index contributed by atoms with van der Waals surface area (Å²) in [5, 5.41) is 3.83. The van der Waals surface area contributed by atoms with Crippen LogP contribution in [0.15, 0.2) is 41.5 Å². The standard InChI is InChI=1S/C15H15IN5O/c1-17-15-18-12(9-21-7-5-10(16)6-8-21)11-3-4-13(22)20(2)14(11)19-15/h3-8H,9H2,1-2H3,(H,17,18,19). The molecular formula is C15H15IN5O. The lowest BCUT2D eigenvalue weighted by atomic mass is 10.2. The normalized spacial score (nSPS) is 10.9. The first-order valence-corrected chi connectivity index (χ1v) is 7.85. The SMILES string of the molecule is CNc1nc(C[n+]2ccc([I-])cc2)c2ccc(=O)n(C)c2n1. The number of hydrogen-bond acceptors (Lipinski definition) is 4. The Balaban J connectivity index is 2.17. The first-order chi connectivity index (χ1) is 10.6. The van der Waals surface area contributed by atoms with E-state index in [9.17, 15) is 4.79 Å². The van der Waals surface area contributed by atoms with E-state index in [1.165, 1.54) is 3.57 Å². The summed E-state index contributed by atoms with van der Waals surface area (Å²) in [6, 6.07) is 7.42. The Bertz CT molecular complexity index is 889. The maximum atomic E-state index is 11.8. The second-order valence-electron chi connectivity index (χ2n) is 4.90. The zero-order valence-electron chi connectivity index (χ0n) is 12.2. The van der Waals surface area contributed by atoms with Gasteiger partial charge in [-0.1, -0.05) is 0 Å². The molecule has 6 nitrogen and oxygen atoms in total. The number of nitrogens with one attached hydrogen (secondary N) is 1. The Morgan fingerprint density at radius 2 is 1.95 bits per heavy atom. The quantitative estimate of drug-likeness (QED) is 0.383. The monoisotopic (exact) mass is 408 g/mol. The number of halogens is 1. The third kappa shape index (κ3) is 2.80. The van der Waals surface area contributed by atoms with Crippen LogP contribution < -0.4 is 38.0 Å². The number of nitrogens with zero attached hydrogens (tertiary/aromatic N) is 4. The summed E-state index contributed by atoms with van der Waals surface area (Å²) in [6.07, 6.45) is 4.02. The fraction of sp³-hybridized carbons (Fsp3) is 0.200. The summed E-state index contributed by atoms with van der Waals surface area (Å²) in [7, 11) is 3.49. The Morgan fingerprint density at radius 1 is 1.23 bits per heavy atom. The molecule has 7 heteroatoms. The molecule has 1 N–H and O–H groups in total. The molecule has 1 radical (unpaired) electrons. The zero-order chi connectivity index (χ0) is 15.7. The molecule has 0 atom stereocenters. The van der Waals surface area contributed by atoms with Crippen LogP contribution in [0.3, 0.4) is 0 Å². The van der Waals surface area contributed by atoms with Gasteiger partial charge in [0.2, 0.25) is 5.95 Å². The number of pyridine rings is 2. The Labute approximate surface area is 141 Å². The molecule has 0 fully saturated rings. The van der Waals surface area contributed by atoms with Crippen LogP contribution >= 0.6 is 0 Å². The van der Waals surface area contributed by atoms with Crippen molar-refractivity contribution in [2.75, 3.05) is 12.4 Å². The van der Waals surface area contributed by atoms with Gasteiger partial charge in [-0.25, -0.2) is 4.98 Å². The minimum absolute atomic E-state index is 0.0823. The molecule has 3 heterocycles. The van der Waals surface area contributed by atoms with Crippen LogP contribution in [0.25, 0.3) is 11.0 Å². The molecule has 0 aliphatic rings. The molecule has 22 heavy (non-hydrogen) atoms. The molecule has 0 saturated carbocycles. The highest BCUT2D eigenvalue weighted by Crippen LogP contribution is 2.15. The number of rotatable bonds is 3. The van der Waals surface area contributed by atoms with Crippen LogP contribution in [0.5, 0.6) is 0 Å². The zero-order valence-corrected chi connectivity index (χ0v) is 14.4. The molecule has 3 rings (SSSR count). The summed E-state index contributed by atoms with van der Waals surface area (Å²) in [5.41, 5.74) is 1.42. The average molecular weight is 408 g/mol. The van der Waals surface area contributed by atoms with Gasteiger partial charge in [-0.05, 0) is 18.2 Å². The third-order valence-electron chi connectivity index (χ3n) is 3.45. The van der Waals surface area contributed by atoms with E-state index in [0.717, 1.165) is 11.1 Å². The van der Waals surface area contributed by atoms with Crippen molar-refractivity contribution in [1.29, 1.82) is 0 Å². The lowest BCUT2D eigenvalue weighted by molar-refractivity contribution is -0.689. The van der Waals surface area contributed by atoms with Gasteiger partial charge in [0.15, 0.2) is 18.9 Å². The Morgan fingerprint density at radius 3 is 2.64 bits per heavy atom. The minimum Gasteiger partial charge on any atom is -0.758 e.